The number of rotatable bonds is 6. The number of nitrogens with one attached hydrogen (secondary N) is 2. The van der Waals surface area contributed by atoms with Crippen LogP contribution in [-0.2, 0) is 0 Å². The van der Waals surface area contributed by atoms with Gasteiger partial charge in [0.1, 0.15) is 12.1 Å². The normalized spacial score (nSPS) is 10.8. The lowest BCUT2D eigenvalue weighted by molar-refractivity contribution is 0.687. The fraction of sp³-hybridized carbons (Fsp3) is 0.455. The van der Waals surface area contributed by atoms with Crippen molar-refractivity contribution < 1.29 is 0 Å². The number of hydrogen-bond donors (Lipinski definition) is 2. The maximum Gasteiger partial charge on any atom is 0.147 e. The molecule has 0 aliphatic rings. The molecule has 0 radical (unpaired) electrons. The summed E-state index contributed by atoms with van der Waals surface area (Å²) in [5.74, 6) is 0.943. The summed E-state index contributed by atoms with van der Waals surface area (Å²) in [7, 11) is 0. The Morgan fingerprint density at radius 3 is 3.06 bits per heavy atom. The molecule has 0 aliphatic heterocycles. The highest BCUT2D eigenvalue weighted by molar-refractivity contribution is 7.17. The number of thiophene rings is 1. The third kappa shape index (κ3) is 2.68. The van der Waals surface area contributed by atoms with Gasteiger partial charge in [-0.15, -0.1) is 11.3 Å². The van der Waals surface area contributed by atoms with Crippen molar-refractivity contribution in [3.05, 3.63) is 17.8 Å². The van der Waals surface area contributed by atoms with Gasteiger partial charge in [-0.3, -0.25) is 0 Å². The molecule has 2 heterocycles. The SMILES string of the molecule is CCCNCCNc1ncnc2ccsc12. The summed E-state index contributed by atoms with van der Waals surface area (Å²) >= 11 is 1.67. The average Bonchev–Trinajstić information content (AvgIpc) is 2.77. The molecular weight excluding hydrogens is 220 g/mol. The molecule has 0 aromatic carbocycles. The second-order valence-corrected chi connectivity index (χ2v) is 4.45. The molecule has 2 aromatic heterocycles. The second kappa shape index (κ2) is 5.77. The first kappa shape index (κ1) is 11.3. The van der Waals surface area contributed by atoms with Crippen molar-refractivity contribution in [1.82, 2.24) is 15.3 Å². The molecular formula is C11H16N4S. The highest BCUT2D eigenvalue weighted by Gasteiger charge is 2.03. The molecule has 0 amide bonds. The minimum absolute atomic E-state index is 0.893. The number of anilines is 1. The van der Waals surface area contributed by atoms with Gasteiger partial charge < -0.3 is 10.6 Å². The number of nitrogens with zero attached hydrogens (tertiary/aromatic N) is 2. The summed E-state index contributed by atoms with van der Waals surface area (Å²) < 4.78 is 1.14. The topological polar surface area (TPSA) is 49.8 Å². The van der Waals surface area contributed by atoms with Crippen LogP contribution in [0.5, 0.6) is 0 Å². The Kier molecular flexibility index (Phi) is 4.07. The van der Waals surface area contributed by atoms with E-state index in [0.29, 0.717) is 0 Å². The van der Waals surface area contributed by atoms with E-state index in [1.54, 1.807) is 17.7 Å². The van der Waals surface area contributed by atoms with Crippen molar-refractivity contribution in [3.8, 4) is 0 Å². The zero-order valence-corrected chi connectivity index (χ0v) is 10.2. The number of aromatic nitrogens is 2. The van der Waals surface area contributed by atoms with Gasteiger partial charge in [-0.05, 0) is 24.4 Å². The van der Waals surface area contributed by atoms with Crippen LogP contribution in [0, 0.1) is 0 Å². The van der Waals surface area contributed by atoms with E-state index in [2.05, 4.69) is 27.5 Å². The lowest BCUT2D eigenvalue weighted by Crippen LogP contribution is -2.23. The summed E-state index contributed by atoms with van der Waals surface area (Å²) in [5.41, 5.74) is 1.02. The zero-order valence-electron chi connectivity index (χ0n) is 9.36. The lowest BCUT2D eigenvalue weighted by atomic mass is 10.4. The predicted octanol–water partition coefficient (Wildman–Crippen LogP) is 2.10. The molecule has 4 nitrogen and oxygen atoms in total. The van der Waals surface area contributed by atoms with Crippen molar-refractivity contribution in [1.29, 1.82) is 0 Å². The molecule has 0 saturated heterocycles. The van der Waals surface area contributed by atoms with E-state index < -0.39 is 0 Å². The van der Waals surface area contributed by atoms with E-state index >= 15 is 0 Å². The first-order valence-corrected chi connectivity index (χ1v) is 6.42. The summed E-state index contributed by atoms with van der Waals surface area (Å²) in [6.07, 6.45) is 2.78. The Bertz CT molecular complexity index is 440. The third-order valence-corrected chi connectivity index (χ3v) is 3.17. The molecule has 0 unspecified atom stereocenters. The molecule has 86 valence electrons. The highest BCUT2D eigenvalue weighted by Crippen LogP contribution is 2.24. The predicted molar refractivity (Wildman–Crippen MR) is 69.1 cm³/mol. The van der Waals surface area contributed by atoms with Gasteiger partial charge in [0.15, 0.2) is 0 Å². The van der Waals surface area contributed by atoms with Crippen molar-refractivity contribution in [2.75, 3.05) is 25.0 Å². The van der Waals surface area contributed by atoms with Gasteiger partial charge in [0.05, 0.1) is 10.2 Å². The third-order valence-electron chi connectivity index (χ3n) is 2.26. The second-order valence-electron chi connectivity index (χ2n) is 3.53. The van der Waals surface area contributed by atoms with Gasteiger partial charge in [0, 0.05) is 13.1 Å². The Balaban J connectivity index is 1.91. The Morgan fingerprint density at radius 1 is 1.25 bits per heavy atom. The van der Waals surface area contributed by atoms with E-state index in [0.717, 1.165) is 35.7 Å². The maximum atomic E-state index is 4.26. The standard InChI is InChI=1S/C11H16N4S/c1-2-4-12-5-6-13-11-10-9(3-7-16-10)14-8-15-11/h3,7-8,12H,2,4-6H2,1H3,(H,13,14,15). The molecule has 2 aromatic rings. The molecule has 2 N–H and O–H groups in total. The quantitative estimate of drug-likeness (QED) is 0.754. The van der Waals surface area contributed by atoms with Crippen LogP contribution in [0.4, 0.5) is 5.82 Å². The molecule has 2 rings (SSSR count). The number of hydrogen-bond acceptors (Lipinski definition) is 5. The van der Waals surface area contributed by atoms with Crippen LogP contribution in [0.25, 0.3) is 10.2 Å². The zero-order chi connectivity index (χ0) is 11.2. The average molecular weight is 236 g/mol. The van der Waals surface area contributed by atoms with E-state index in [9.17, 15) is 0 Å². The minimum atomic E-state index is 0.893. The van der Waals surface area contributed by atoms with E-state index in [1.165, 1.54) is 6.42 Å². The van der Waals surface area contributed by atoms with Gasteiger partial charge in [-0.25, -0.2) is 9.97 Å². The maximum absolute atomic E-state index is 4.26. The monoisotopic (exact) mass is 236 g/mol. The van der Waals surface area contributed by atoms with Crippen LogP contribution in [0.15, 0.2) is 17.8 Å². The fourth-order valence-electron chi connectivity index (χ4n) is 1.49. The summed E-state index contributed by atoms with van der Waals surface area (Å²) in [6, 6.07) is 2.02. The smallest absolute Gasteiger partial charge is 0.147 e. The largest absolute Gasteiger partial charge is 0.368 e. The summed E-state index contributed by atoms with van der Waals surface area (Å²) in [5, 5.41) is 8.72. The van der Waals surface area contributed by atoms with Crippen LogP contribution in [0.3, 0.4) is 0 Å². The van der Waals surface area contributed by atoms with Crippen LogP contribution in [0.2, 0.25) is 0 Å². The summed E-state index contributed by atoms with van der Waals surface area (Å²) in [4.78, 5) is 8.46. The van der Waals surface area contributed by atoms with Crippen molar-refractivity contribution in [3.63, 3.8) is 0 Å². The first-order chi connectivity index (χ1) is 7.92. The molecule has 0 aliphatic carbocycles. The first-order valence-electron chi connectivity index (χ1n) is 5.54. The number of fused-ring (bicyclic) bond motifs is 1. The van der Waals surface area contributed by atoms with Crippen molar-refractivity contribution in [2.24, 2.45) is 0 Å². The van der Waals surface area contributed by atoms with Crippen LogP contribution in [0.1, 0.15) is 13.3 Å². The van der Waals surface area contributed by atoms with Crippen LogP contribution >= 0.6 is 11.3 Å². The fourth-order valence-corrected chi connectivity index (χ4v) is 2.30. The Hall–Kier alpha value is -1.20. The molecule has 0 atom stereocenters. The van der Waals surface area contributed by atoms with E-state index in [1.807, 2.05) is 11.4 Å². The van der Waals surface area contributed by atoms with Crippen LogP contribution < -0.4 is 10.6 Å². The summed E-state index contributed by atoms with van der Waals surface area (Å²) in [6.45, 7) is 5.09. The van der Waals surface area contributed by atoms with Crippen LogP contribution in [-0.4, -0.2) is 29.6 Å². The van der Waals surface area contributed by atoms with E-state index in [-0.39, 0.29) is 0 Å². The molecule has 0 fully saturated rings. The molecule has 0 spiro atoms. The van der Waals surface area contributed by atoms with Gasteiger partial charge >= 0.3 is 0 Å². The van der Waals surface area contributed by atoms with Crippen molar-refractivity contribution >= 4 is 27.4 Å². The Labute approximate surface area is 99.1 Å². The molecule has 0 saturated carbocycles. The minimum Gasteiger partial charge on any atom is -0.368 e. The highest BCUT2D eigenvalue weighted by atomic mass is 32.1. The van der Waals surface area contributed by atoms with Gasteiger partial charge in [-0.2, -0.15) is 0 Å². The lowest BCUT2D eigenvalue weighted by Gasteiger charge is -2.06. The van der Waals surface area contributed by atoms with Gasteiger partial charge in [-0.1, -0.05) is 6.92 Å². The molecule has 5 heteroatoms. The molecule has 16 heavy (non-hydrogen) atoms. The molecule has 0 bridgehead atoms. The van der Waals surface area contributed by atoms with Crippen molar-refractivity contribution in [2.45, 2.75) is 13.3 Å². The van der Waals surface area contributed by atoms with E-state index in [4.69, 9.17) is 0 Å². The van der Waals surface area contributed by atoms with Gasteiger partial charge in [0.2, 0.25) is 0 Å². The Morgan fingerprint density at radius 2 is 2.19 bits per heavy atom. The van der Waals surface area contributed by atoms with Gasteiger partial charge in [0.25, 0.3) is 0 Å².